The molecule has 2 heteroatoms. The van der Waals surface area contributed by atoms with Gasteiger partial charge in [0.05, 0.1) is 0 Å². The first kappa shape index (κ1) is 17.3. The summed E-state index contributed by atoms with van der Waals surface area (Å²) < 4.78 is 0. The van der Waals surface area contributed by atoms with Crippen LogP contribution in [-0.2, 0) is 0 Å². The van der Waals surface area contributed by atoms with E-state index >= 15 is 0 Å². The molecule has 2 aliphatic rings. The summed E-state index contributed by atoms with van der Waals surface area (Å²) in [6.07, 6.45) is 14.5. The third kappa shape index (κ3) is 5.56. The Balaban J connectivity index is 1.93. The van der Waals surface area contributed by atoms with Gasteiger partial charge in [-0.1, -0.05) is 46.0 Å². The summed E-state index contributed by atoms with van der Waals surface area (Å²) >= 11 is 0. The van der Waals surface area contributed by atoms with Crippen LogP contribution in [-0.4, -0.2) is 37.6 Å². The molecule has 2 nitrogen and oxygen atoms in total. The van der Waals surface area contributed by atoms with Crippen molar-refractivity contribution in [3.05, 3.63) is 0 Å². The van der Waals surface area contributed by atoms with Crippen molar-refractivity contribution < 1.29 is 0 Å². The van der Waals surface area contributed by atoms with Crippen LogP contribution >= 0.6 is 0 Å². The summed E-state index contributed by atoms with van der Waals surface area (Å²) in [6.45, 7) is 11.1. The molecule has 0 aromatic heterocycles. The maximum atomic E-state index is 3.69. The van der Waals surface area contributed by atoms with Crippen molar-refractivity contribution in [2.75, 3.05) is 32.7 Å². The molecule has 0 aromatic carbocycles. The monoisotopic (exact) mass is 294 g/mol. The van der Waals surface area contributed by atoms with Crippen molar-refractivity contribution in [1.29, 1.82) is 0 Å². The number of likely N-dealkylation sites (tertiary alicyclic amines) is 1. The van der Waals surface area contributed by atoms with Crippen LogP contribution in [0.1, 0.15) is 78.1 Å². The topological polar surface area (TPSA) is 15.3 Å². The van der Waals surface area contributed by atoms with Gasteiger partial charge in [-0.3, -0.25) is 0 Å². The smallest absolute Gasteiger partial charge is 0.00501 e. The minimum absolute atomic E-state index is 0.568. The molecule has 2 fully saturated rings. The molecule has 124 valence electrons. The second-order valence-corrected chi connectivity index (χ2v) is 7.68. The fraction of sp³-hybridized carbons (Fsp3) is 1.00. The van der Waals surface area contributed by atoms with E-state index in [1.807, 2.05) is 0 Å². The highest BCUT2D eigenvalue weighted by atomic mass is 15.1. The zero-order valence-electron chi connectivity index (χ0n) is 14.6. The Morgan fingerprint density at radius 1 is 0.952 bits per heavy atom. The van der Waals surface area contributed by atoms with E-state index in [4.69, 9.17) is 0 Å². The maximum absolute atomic E-state index is 3.69. The summed E-state index contributed by atoms with van der Waals surface area (Å²) in [7, 11) is 0. The number of rotatable bonds is 6. The van der Waals surface area contributed by atoms with Gasteiger partial charge < -0.3 is 10.2 Å². The average Bonchev–Trinajstić information content (AvgIpc) is 2.86. The highest BCUT2D eigenvalue weighted by molar-refractivity contribution is 4.87. The normalized spacial score (nSPS) is 28.0. The first-order chi connectivity index (χ1) is 10.3. The molecule has 1 N–H and O–H groups in total. The number of nitrogens with one attached hydrogen (secondary N) is 1. The van der Waals surface area contributed by atoms with Crippen molar-refractivity contribution in [2.24, 2.45) is 11.3 Å². The van der Waals surface area contributed by atoms with Gasteiger partial charge in [0.1, 0.15) is 0 Å². The fourth-order valence-corrected chi connectivity index (χ4v) is 4.53. The number of hydrogen-bond acceptors (Lipinski definition) is 2. The van der Waals surface area contributed by atoms with Crippen molar-refractivity contribution in [1.82, 2.24) is 10.2 Å². The molecule has 1 heterocycles. The lowest BCUT2D eigenvalue weighted by molar-refractivity contribution is 0.129. The van der Waals surface area contributed by atoms with Crippen molar-refractivity contribution in [3.8, 4) is 0 Å². The SMILES string of the molecule is CCNCC1(CN2CCCC(CC)CC2)CCCCCC1. The molecule has 1 unspecified atom stereocenters. The van der Waals surface area contributed by atoms with Crippen LogP contribution in [0.25, 0.3) is 0 Å². The zero-order valence-corrected chi connectivity index (χ0v) is 14.6. The minimum Gasteiger partial charge on any atom is -0.316 e. The van der Waals surface area contributed by atoms with Crippen molar-refractivity contribution in [3.63, 3.8) is 0 Å². The summed E-state index contributed by atoms with van der Waals surface area (Å²) in [4.78, 5) is 2.82. The van der Waals surface area contributed by atoms with E-state index in [-0.39, 0.29) is 0 Å². The molecule has 1 atom stereocenters. The molecule has 21 heavy (non-hydrogen) atoms. The Morgan fingerprint density at radius 3 is 2.38 bits per heavy atom. The zero-order chi connectivity index (χ0) is 15.0. The van der Waals surface area contributed by atoms with Gasteiger partial charge in [0.15, 0.2) is 0 Å². The second kappa shape index (κ2) is 9.15. The average molecular weight is 295 g/mol. The van der Waals surface area contributed by atoms with Crippen LogP contribution in [0.4, 0.5) is 0 Å². The first-order valence-corrected chi connectivity index (χ1v) is 9.71. The summed E-state index contributed by atoms with van der Waals surface area (Å²) in [5, 5.41) is 3.69. The summed E-state index contributed by atoms with van der Waals surface area (Å²) in [6, 6.07) is 0. The second-order valence-electron chi connectivity index (χ2n) is 7.68. The van der Waals surface area contributed by atoms with E-state index in [0.717, 1.165) is 12.5 Å². The molecule has 1 saturated heterocycles. The van der Waals surface area contributed by atoms with Crippen molar-refractivity contribution in [2.45, 2.75) is 78.1 Å². The van der Waals surface area contributed by atoms with E-state index in [9.17, 15) is 0 Å². The largest absolute Gasteiger partial charge is 0.316 e. The van der Waals surface area contributed by atoms with E-state index in [1.54, 1.807) is 0 Å². The third-order valence-electron chi connectivity index (χ3n) is 5.99. The number of hydrogen-bond donors (Lipinski definition) is 1. The molecule has 0 bridgehead atoms. The molecule has 1 aliphatic heterocycles. The Kier molecular flexibility index (Phi) is 7.53. The van der Waals surface area contributed by atoms with Gasteiger partial charge in [-0.25, -0.2) is 0 Å². The Morgan fingerprint density at radius 2 is 1.71 bits per heavy atom. The molecule has 0 radical (unpaired) electrons. The van der Waals surface area contributed by atoms with Gasteiger partial charge in [-0.05, 0) is 63.1 Å². The highest BCUT2D eigenvalue weighted by Gasteiger charge is 2.33. The van der Waals surface area contributed by atoms with E-state index in [1.165, 1.54) is 90.4 Å². The fourth-order valence-electron chi connectivity index (χ4n) is 4.53. The summed E-state index contributed by atoms with van der Waals surface area (Å²) in [5.74, 6) is 0.994. The van der Waals surface area contributed by atoms with Gasteiger partial charge in [0.2, 0.25) is 0 Å². The minimum atomic E-state index is 0.568. The standard InChI is InChI=1S/C19H38N2/c1-3-18-10-9-14-21(15-11-18)17-19(16-20-4-2)12-7-5-6-8-13-19/h18,20H,3-17H2,1-2H3. The molecular weight excluding hydrogens is 256 g/mol. The molecule has 2 rings (SSSR count). The highest BCUT2D eigenvalue weighted by Crippen LogP contribution is 2.36. The quantitative estimate of drug-likeness (QED) is 0.728. The number of nitrogens with zero attached hydrogens (tertiary/aromatic N) is 1. The predicted molar refractivity (Wildman–Crippen MR) is 92.8 cm³/mol. The lowest BCUT2D eigenvalue weighted by Gasteiger charge is -2.38. The van der Waals surface area contributed by atoms with E-state index in [0.29, 0.717) is 5.41 Å². The van der Waals surface area contributed by atoms with Gasteiger partial charge in [-0.15, -0.1) is 0 Å². The lowest BCUT2D eigenvalue weighted by atomic mass is 9.79. The van der Waals surface area contributed by atoms with Crippen LogP contribution in [0.2, 0.25) is 0 Å². The van der Waals surface area contributed by atoms with Gasteiger partial charge in [0.25, 0.3) is 0 Å². The molecule has 0 aromatic rings. The van der Waals surface area contributed by atoms with E-state index in [2.05, 4.69) is 24.1 Å². The molecule has 1 saturated carbocycles. The summed E-state index contributed by atoms with van der Waals surface area (Å²) in [5.41, 5.74) is 0.568. The van der Waals surface area contributed by atoms with Crippen LogP contribution in [0, 0.1) is 11.3 Å². The Hall–Kier alpha value is -0.0800. The van der Waals surface area contributed by atoms with E-state index < -0.39 is 0 Å². The van der Waals surface area contributed by atoms with Crippen LogP contribution in [0.15, 0.2) is 0 Å². The first-order valence-electron chi connectivity index (χ1n) is 9.71. The molecule has 0 amide bonds. The Bertz CT molecular complexity index is 269. The van der Waals surface area contributed by atoms with Gasteiger partial charge >= 0.3 is 0 Å². The van der Waals surface area contributed by atoms with Crippen LogP contribution in [0.3, 0.4) is 0 Å². The van der Waals surface area contributed by atoms with Crippen molar-refractivity contribution >= 4 is 0 Å². The van der Waals surface area contributed by atoms with Crippen LogP contribution < -0.4 is 5.32 Å². The van der Waals surface area contributed by atoms with Gasteiger partial charge in [0, 0.05) is 13.1 Å². The lowest BCUT2D eigenvalue weighted by Crippen LogP contribution is -2.44. The Labute approximate surface area is 133 Å². The van der Waals surface area contributed by atoms with Gasteiger partial charge in [-0.2, -0.15) is 0 Å². The molecular formula is C19H38N2. The molecule has 1 aliphatic carbocycles. The molecule has 0 spiro atoms. The maximum Gasteiger partial charge on any atom is 0.00501 e. The van der Waals surface area contributed by atoms with Crippen LogP contribution in [0.5, 0.6) is 0 Å². The third-order valence-corrected chi connectivity index (χ3v) is 5.99. The predicted octanol–water partition coefficient (Wildman–Crippen LogP) is 4.45.